The van der Waals surface area contributed by atoms with Crippen molar-refractivity contribution in [3.05, 3.63) is 23.1 Å². The van der Waals surface area contributed by atoms with Gasteiger partial charge >= 0.3 is 0 Å². The SMILES string of the molecule is Cn1c(=N)sc2ncccc21. The molecule has 2 aromatic heterocycles. The first-order valence-corrected chi connectivity index (χ1v) is 4.06. The molecule has 0 radical (unpaired) electrons. The van der Waals surface area contributed by atoms with E-state index < -0.39 is 0 Å². The van der Waals surface area contributed by atoms with Gasteiger partial charge in [0.25, 0.3) is 0 Å². The summed E-state index contributed by atoms with van der Waals surface area (Å²) < 4.78 is 1.83. The number of rotatable bonds is 0. The molecular weight excluding hydrogens is 158 g/mol. The quantitative estimate of drug-likeness (QED) is 0.624. The van der Waals surface area contributed by atoms with Crippen LogP contribution in [0.15, 0.2) is 18.3 Å². The van der Waals surface area contributed by atoms with Crippen molar-refractivity contribution < 1.29 is 0 Å². The van der Waals surface area contributed by atoms with E-state index in [1.165, 1.54) is 11.3 Å². The van der Waals surface area contributed by atoms with E-state index >= 15 is 0 Å². The molecule has 0 aromatic carbocycles. The number of fused-ring (bicyclic) bond motifs is 1. The number of hydrogen-bond donors (Lipinski definition) is 1. The Kier molecular flexibility index (Phi) is 1.29. The van der Waals surface area contributed by atoms with Crippen LogP contribution in [-0.4, -0.2) is 9.55 Å². The molecular formula is C7H7N3S. The Morgan fingerprint density at radius 2 is 2.45 bits per heavy atom. The maximum absolute atomic E-state index is 7.49. The van der Waals surface area contributed by atoms with Crippen molar-refractivity contribution in [1.29, 1.82) is 5.41 Å². The Hall–Kier alpha value is -1.16. The minimum atomic E-state index is 0.540. The van der Waals surface area contributed by atoms with Crippen molar-refractivity contribution in [3.63, 3.8) is 0 Å². The first-order chi connectivity index (χ1) is 5.29. The summed E-state index contributed by atoms with van der Waals surface area (Å²) in [6, 6.07) is 3.85. The number of pyridine rings is 1. The molecule has 56 valence electrons. The van der Waals surface area contributed by atoms with Crippen molar-refractivity contribution in [2.75, 3.05) is 0 Å². The van der Waals surface area contributed by atoms with Gasteiger partial charge in [0.15, 0.2) is 4.80 Å². The van der Waals surface area contributed by atoms with Crippen LogP contribution < -0.4 is 4.80 Å². The van der Waals surface area contributed by atoms with Gasteiger partial charge < -0.3 is 4.57 Å². The fourth-order valence-electron chi connectivity index (χ4n) is 0.986. The number of aryl methyl sites for hydroxylation is 1. The Morgan fingerprint density at radius 1 is 1.64 bits per heavy atom. The van der Waals surface area contributed by atoms with Crippen molar-refractivity contribution in [2.45, 2.75) is 0 Å². The highest BCUT2D eigenvalue weighted by Gasteiger charge is 1.99. The molecule has 0 unspecified atom stereocenters. The summed E-state index contributed by atoms with van der Waals surface area (Å²) in [5.74, 6) is 0. The number of nitrogens with one attached hydrogen (secondary N) is 1. The van der Waals surface area contributed by atoms with Crippen LogP contribution >= 0.6 is 11.3 Å². The number of hydrogen-bond acceptors (Lipinski definition) is 3. The molecule has 0 spiro atoms. The molecule has 3 nitrogen and oxygen atoms in total. The summed E-state index contributed by atoms with van der Waals surface area (Å²) in [4.78, 5) is 5.61. The second-order valence-corrected chi connectivity index (χ2v) is 3.27. The molecule has 0 aliphatic heterocycles. The van der Waals surface area contributed by atoms with E-state index in [0.29, 0.717) is 4.80 Å². The Labute approximate surface area is 67.5 Å². The van der Waals surface area contributed by atoms with E-state index in [4.69, 9.17) is 5.41 Å². The van der Waals surface area contributed by atoms with Gasteiger partial charge in [0.1, 0.15) is 4.83 Å². The lowest BCUT2D eigenvalue weighted by Crippen LogP contribution is -2.06. The zero-order valence-electron chi connectivity index (χ0n) is 6.03. The zero-order valence-corrected chi connectivity index (χ0v) is 6.85. The average Bonchev–Trinajstić information content (AvgIpc) is 2.30. The second kappa shape index (κ2) is 2.17. The van der Waals surface area contributed by atoms with Crippen LogP contribution in [0.1, 0.15) is 0 Å². The number of aromatic nitrogens is 2. The lowest BCUT2D eigenvalue weighted by atomic mass is 10.4. The molecule has 0 aliphatic carbocycles. The molecule has 0 saturated heterocycles. The zero-order chi connectivity index (χ0) is 7.84. The third-order valence-corrected chi connectivity index (χ3v) is 2.59. The van der Waals surface area contributed by atoms with Gasteiger partial charge in [0.2, 0.25) is 0 Å². The van der Waals surface area contributed by atoms with Gasteiger partial charge in [-0.05, 0) is 12.1 Å². The van der Waals surface area contributed by atoms with Gasteiger partial charge in [-0.15, -0.1) is 0 Å². The van der Waals surface area contributed by atoms with E-state index in [0.717, 1.165) is 10.3 Å². The third kappa shape index (κ3) is 0.867. The first kappa shape index (κ1) is 6.54. The molecule has 0 aliphatic rings. The average molecular weight is 165 g/mol. The van der Waals surface area contributed by atoms with E-state index in [2.05, 4.69) is 4.98 Å². The second-order valence-electron chi connectivity index (χ2n) is 2.29. The summed E-state index contributed by atoms with van der Waals surface area (Å²) in [6.07, 6.45) is 1.75. The first-order valence-electron chi connectivity index (χ1n) is 3.24. The third-order valence-electron chi connectivity index (χ3n) is 1.61. The summed E-state index contributed by atoms with van der Waals surface area (Å²) in [7, 11) is 1.88. The summed E-state index contributed by atoms with van der Waals surface area (Å²) in [6.45, 7) is 0. The molecule has 4 heteroatoms. The van der Waals surface area contributed by atoms with Crippen LogP contribution in [0.3, 0.4) is 0 Å². The predicted molar refractivity (Wildman–Crippen MR) is 44.4 cm³/mol. The molecule has 2 heterocycles. The molecule has 2 aromatic rings. The van der Waals surface area contributed by atoms with Crippen LogP contribution in [0, 0.1) is 5.41 Å². The Bertz CT molecular complexity index is 440. The van der Waals surface area contributed by atoms with Crippen LogP contribution in [0.4, 0.5) is 0 Å². The molecule has 2 rings (SSSR count). The molecule has 0 saturated carbocycles. The van der Waals surface area contributed by atoms with Crippen LogP contribution in [0.2, 0.25) is 0 Å². The number of thiazole rings is 1. The Balaban J connectivity index is 3.04. The van der Waals surface area contributed by atoms with E-state index in [-0.39, 0.29) is 0 Å². The minimum absolute atomic E-state index is 0.540. The highest BCUT2D eigenvalue weighted by molar-refractivity contribution is 7.15. The molecule has 0 amide bonds. The van der Waals surface area contributed by atoms with Gasteiger partial charge in [0.05, 0.1) is 5.52 Å². The van der Waals surface area contributed by atoms with Crippen molar-refractivity contribution in [3.8, 4) is 0 Å². The molecule has 0 fully saturated rings. The van der Waals surface area contributed by atoms with Crippen molar-refractivity contribution >= 4 is 21.7 Å². The van der Waals surface area contributed by atoms with Crippen LogP contribution in [0.5, 0.6) is 0 Å². The monoisotopic (exact) mass is 165 g/mol. The summed E-state index contributed by atoms with van der Waals surface area (Å²) in [5, 5.41) is 7.49. The van der Waals surface area contributed by atoms with E-state index in [1.54, 1.807) is 6.20 Å². The topological polar surface area (TPSA) is 41.7 Å². The normalized spacial score (nSPS) is 10.6. The molecule has 0 atom stereocenters. The smallest absolute Gasteiger partial charge is 0.184 e. The largest absolute Gasteiger partial charge is 0.319 e. The highest BCUT2D eigenvalue weighted by Crippen LogP contribution is 2.11. The van der Waals surface area contributed by atoms with Gasteiger partial charge in [0, 0.05) is 13.2 Å². The van der Waals surface area contributed by atoms with Crippen LogP contribution in [0.25, 0.3) is 10.3 Å². The van der Waals surface area contributed by atoms with Gasteiger partial charge in [-0.25, -0.2) is 4.98 Å². The van der Waals surface area contributed by atoms with Gasteiger partial charge in [-0.3, -0.25) is 5.41 Å². The lowest BCUT2D eigenvalue weighted by molar-refractivity contribution is 0.892. The fraction of sp³-hybridized carbons (Fsp3) is 0.143. The fourth-order valence-corrected chi connectivity index (χ4v) is 1.83. The van der Waals surface area contributed by atoms with Gasteiger partial charge in [-0.2, -0.15) is 0 Å². The Morgan fingerprint density at radius 3 is 3.18 bits per heavy atom. The van der Waals surface area contributed by atoms with Crippen molar-refractivity contribution in [2.24, 2.45) is 7.05 Å². The summed E-state index contributed by atoms with van der Waals surface area (Å²) in [5.41, 5.74) is 1.03. The summed E-state index contributed by atoms with van der Waals surface area (Å²) >= 11 is 1.40. The van der Waals surface area contributed by atoms with E-state index in [9.17, 15) is 0 Å². The highest BCUT2D eigenvalue weighted by atomic mass is 32.1. The van der Waals surface area contributed by atoms with Crippen molar-refractivity contribution in [1.82, 2.24) is 9.55 Å². The molecule has 11 heavy (non-hydrogen) atoms. The van der Waals surface area contributed by atoms with Crippen LogP contribution in [-0.2, 0) is 7.05 Å². The molecule has 1 N–H and O–H groups in total. The van der Waals surface area contributed by atoms with E-state index in [1.807, 2.05) is 23.7 Å². The standard InChI is InChI=1S/C7H7N3S/c1-10-5-3-2-4-9-6(5)11-7(10)8/h2-4,8H,1H3. The maximum atomic E-state index is 7.49. The lowest BCUT2D eigenvalue weighted by Gasteiger charge is -1.90. The minimum Gasteiger partial charge on any atom is -0.319 e. The number of nitrogens with zero attached hydrogens (tertiary/aromatic N) is 2. The molecule has 0 bridgehead atoms. The predicted octanol–water partition coefficient (Wildman–Crippen LogP) is 1.11. The maximum Gasteiger partial charge on any atom is 0.184 e. The van der Waals surface area contributed by atoms with Gasteiger partial charge in [-0.1, -0.05) is 11.3 Å².